The first-order chi connectivity index (χ1) is 14.3. The minimum absolute atomic E-state index is 0.140. The maximum absolute atomic E-state index is 12.9. The van der Waals surface area contributed by atoms with Crippen molar-refractivity contribution >= 4 is 21.8 Å². The highest BCUT2D eigenvalue weighted by Crippen LogP contribution is 2.31. The Balaban J connectivity index is 1.54. The van der Waals surface area contributed by atoms with E-state index >= 15 is 0 Å². The van der Waals surface area contributed by atoms with Crippen LogP contribution in [0.1, 0.15) is 24.0 Å². The molecule has 1 aliphatic heterocycles. The molecule has 1 fully saturated rings. The Morgan fingerprint density at radius 1 is 1.03 bits per heavy atom. The molecule has 0 amide bonds. The van der Waals surface area contributed by atoms with Crippen LogP contribution in [0.15, 0.2) is 70.7 Å². The number of hydrogen-bond donors (Lipinski definition) is 0. The van der Waals surface area contributed by atoms with Crippen molar-refractivity contribution in [2.45, 2.75) is 23.9 Å². The number of oxime groups is 1. The molecular formula is C21H21F3N2O3S. The molecule has 1 heterocycles. The van der Waals surface area contributed by atoms with Crippen LogP contribution in [0.3, 0.4) is 0 Å². The summed E-state index contributed by atoms with van der Waals surface area (Å²) in [6.07, 6.45) is -0.141. The quantitative estimate of drug-likeness (QED) is 0.490. The molecule has 160 valence electrons. The van der Waals surface area contributed by atoms with Gasteiger partial charge in [-0.15, -0.1) is 0 Å². The predicted octanol–water partition coefficient (Wildman–Crippen LogP) is 4.58. The molecule has 0 aliphatic carbocycles. The molecule has 0 atom stereocenters. The molecule has 5 nitrogen and oxygen atoms in total. The second kappa shape index (κ2) is 9.44. The van der Waals surface area contributed by atoms with Crippen molar-refractivity contribution in [1.29, 1.82) is 0 Å². The van der Waals surface area contributed by atoms with Crippen molar-refractivity contribution in [2.24, 2.45) is 5.16 Å². The van der Waals surface area contributed by atoms with Crippen LogP contribution in [-0.4, -0.2) is 38.1 Å². The average Bonchev–Trinajstić information content (AvgIpc) is 2.74. The normalized spacial score (nSPS) is 16.0. The lowest BCUT2D eigenvalue weighted by molar-refractivity contribution is -0.137. The zero-order chi connectivity index (χ0) is 21.6. The zero-order valence-electron chi connectivity index (χ0n) is 16.0. The van der Waals surface area contributed by atoms with Crippen LogP contribution in [-0.2, 0) is 21.0 Å². The topological polar surface area (TPSA) is 59.0 Å². The van der Waals surface area contributed by atoms with Crippen molar-refractivity contribution in [2.75, 3.05) is 19.7 Å². The Bertz CT molecular complexity index is 1010. The van der Waals surface area contributed by atoms with Crippen LogP contribution in [0, 0.1) is 0 Å². The van der Waals surface area contributed by atoms with Gasteiger partial charge in [0.25, 0.3) is 0 Å². The summed E-state index contributed by atoms with van der Waals surface area (Å²) < 4.78 is 65.2. The van der Waals surface area contributed by atoms with Crippen molar-refractivity contribution in [3.63, 3.8) is 0 Å². The third-order valence-electron chi connectivity index (χ3n) is 4.57. The van der Waals surface area contributed by atoms with E-state index in [1.807, 2.05) is 42.5 Å². The fraction of sp³-hybridized carbons (Fsp3) is 0.286. The molecule has 2 aromatic carbocycles. The molecule has 0 radical (unpaired) electrons. The number of piperidine rings is 1. The minimum atomic E-state index is -4.60. The third-order valence-corrected chi connectivity index (χ3v) is 6.47. The lowest BCUT2D eigenvalue weighted by atomic mass is 10.1. The summed E-state index contributed by atoms with van der Waals surface area (Å²) >= 11 is 0. The lowest BCUT2D eigenvalue weighted by Gasteiger charge is -2.26. The summed E-state index contributed by atoms with van der Waals surface area (Å²) in [5.74, 6) is 0. The molecule has 0 saturated carbocycles. The first-order valence-electron chi connectivity index (χ1n) is 9.33. The maximum atomic E-state index is 12.9. The van der Waals surface area contributed by atoms with Crippen molar-refractivity contribution in [3.05, 3.63) is 71.8 Å². The van der Waals surface area contributed by atoms with Crippen molar-refractivity contribution in [3.8, 4) is 0 Å². The summed E-state index contributed by atoms with van der Waals surface area (Å²) in [6, 6.07) is 13.5. The van der Waals surface area contributed by atoms with E-state index in [2.05, 4.69) is 5.16 Å². The molecule has 2 aromatic rings. The largest absolute Gasteiger partial charge is 0.416 e. The van der Waals surface area contributed by atoms with Crippen molar-refractivity contribution < 1.29 is 26.4 Å². The van der Waals surface area contributed by atoms with Gasteiger partial charge in [-0.1, -0.05) is 47.6 Å². The van der Waals surface area contributed by atoms with E-state index in [1.54, 1.807) is 0 Å². The van der Waals surface area contributed by atoms with Crippen LogP contribution in [0.5, 0.6) is 0 Å². The van der Waals surface area contributed by atoms with Gasteiger partial charge in [0.1, 0.15) is 6.61 Å². The SMILES string of the molecule is O=S(=O)(c1cccc(C(F)(F)F)c1)N1CCC(=NOC/C=C/c2ccccc2)CC1. The highest BCUT2D eigenvalue weighted by Gasteiger charge is 2.33. The van der Waals surface area contributed by atoms with E-state index in [0.29, 0.717) is 18.9 Å². The first kappa shape index (κ1) is 22.0. The molecule has 9 heteroatoms. The summed E-state index contributed by atoms with van der Waals surface area (Å²) in [7, 11) is -4.00. The fourth-order valence-electron chi connectivity index (χ4n) is 2.98. The molecule has 3 rings (SSSR count). The molecule has 1 saturated heterocycles. The van der Waals surface area contributed by atoms with Gasteiger partial charge in [0, 0.05) is 25.9 Å². The first-order valence-corrected chi connectivity index (χ1v) is 10.8. The molecule has 1 aliphatic rings. The van der Waals surface area contributed by atoms with Crippen LogP contribution in [0.25, 0.3) is 6.08 Å². The Morgan fingerprint density at radius 3 is 2.40 bits per heavy atom. The van der Waals surface area contributed by atoms with Crippen LogP contribution in [0.2, 0.25) is 0 Å². The molecule has 0 unspecified atom stereocenters. The van der Waals surface area contributed by atoms with E-state index in [0.717, 1.165) is 23.4 Å². The number of sulfonamides is 1. The van der Waals surface area contributed by atoms with Gasteiger partial charge in [-0.25, -0.2) is 8.42 Å². The van der Waals surface area contributed by atoms with Crippen LogP contribution in [0.4, 0.5) is 13.2 Å². The Hall–Kier alpha value is -2.65. The number of benzene rings is 2. The summed E-state index contributed by atoms with van der Waals surface area (Å²) in [4.78, 5) is 4.90. The Kier molecular flexibility index (Phi) is 6.94. The molecular weight excluding hydrogens is 417 g/mol. The van der Waals surface area contributed by atoms with Crippen molar-refractivity contribution in [1.82, 2.24) is 4.31 Å². The molecule has 30 heavy (non-hydrogen) atoms. The fourth-order valence-corrected chi connectivity index (χ4v) is 4.47. The van der Waals surface area contributed by atoms with Gasteiger partial charge < -0.3 is 4.84 Å². The van der Waals surface area contributed by atoms with E-state index in [1.165, 1.54) is 10.4 Å². The molecule has 0 bridgehead atoms. The molecule has 0 N–H and O–H groups in total. The van der Waals surface area contributed by atoms with Crippen LogP contribution < -0.4 is 0 Å². The number of rotatable bonds is 6. The van der Waals surface area contributed by atoms with Gasteiger partial charge >= 0.3 is 6.18 Å². The zero-order valence-corrected chi connectivity index (χ0v) is 16.9. The van der Waals surface area contributed by atoms with Gasteiger partial charge in [-0.3, -0.25) is 0 Å². The molecule has 0 spiro atoms. The molecule has 0 aromatic heterocycles. The highest BCUT2D eigenvalue weighted by molar-refractivity contribution is 7.89. The van der Waals surface area contributed by atoms with E-state index in [-0.39, 0.29) is 24.6 Å². The second-order valence-electron chi connectivity index (χ2n) is 6.70. The number of nitrogens with zero attached hydrogens (tertiary/aromatic N) is 2. The van der Waals surface area contributed by atoms with Crippen LogP contribution >= 0.6 is 0 Å². The van der Waals surface area contributed by atoms with Gasteiger partial charge in [0.05, 0.1) is 16.2 Å². The van der Waals surface area contributed by atoms with E-state index < -0.39 is 21.8 Å². The van der Waals surface area contributed by atoms with Gasteiger partial charge in [-0.2, -0.15) is 17.5 Å². The number of hydrogen-bond acceptors (Lipinski definition) is 4. The monoisotopic (exact) mass is 438 g/mol. The lowest BCUT2D eigenvalue weighted by Crippen LogP contribution is -2.38. The average molecular weight is 438 g/mol. The number of halogens is 3. The maximum Gasteiger partial charge on any atom is 0.416 e. The predicted molar refractivity (Wildman–Crippen MR) is 108 cm³/mol. The van der Waals surface area contributed by atoms with Gasteiger partial charge in [0.15, 0.2) is 0 Å². The Labute approximate surface area is 173 Å². The summed E-state index contributed by atoms with van der Waals surface area (Å²) in [5.41, 5.74) is 0.778. The third kappa shape index (κ3) is 5.70. The summed E-state index contributed by atoms with van der Waals surface area (Å²) in [6.45, 7) is 0.561. The summed E-state index contributed by atoms with van der Waals surface area (Å²) in [5, 5.41) is 4.05. The van der Waals surface area contributed by atoms with Gasteiger partial charge in [0.2, 0.25) is 10.0 Å². The number of alkyl halides is 3. The minimum Gasteiger partial charge on any atom is -0.392 e. The van der Waals surface area contributed by atoms with E-state index in [9.17, 15) is 21.6 Å². The second-order valence-corrected chi connectivity index (χ2v) is 8.63. The van der Waals surface area contributed by atoms with E-state index in [4.69, 9.17) is 4.84 Å². The van der Waals surface area contributed by atoms with Gasteiger partial charge in [-0.05, 0) is 29.8 Å². The highest BCUT2D eigenvalue weighted by atomic mass is 32.2. The Morgan fingerprint density at radius 2 is 1.73 bits per heavy atom. The smallest absolute Gasteiger partial charge is 0.392 e. The standard InChI is InChI=1S/C21H21F3N2O3S/c22-21(23,24)18-9-4-10-20(16-18)30(27,28)26-13-11-19(12-14-26)25-29-15-5-8-17-6-2-1-3-7-17/h1-10,16H,11-15H2/b8-5+.